The molecule has 0 unspecified atom stereocenters. The summed E-state index contributed by atoms with van der Waals surface area (Å²) in [6.45, 7) is 0.235. The van der Waals surface area contributed by atoms with Crippen LogP contribution in [0.25, 0.3) is 6.08 Å². The number of hydrogen-bond acceptors (Lipinski definition) is 6. The van der Waals surface area contributed by atoms with E-state index in [9.17, 15) is 14.9 Å². The van der Waals surface area contributed by atoms with Gasteiger partial charge in [-0.25, -0.2) is 0 Å². The van der Waals surface area contributed by atoms with Gasteiger partial charge in [-0.05, 0) is 36.0 Å². The minimum absolute atomic E-state index is 0.0207. The van der Waals surface area contributed by atoms with Crippen LogP contribution in [-0.2, 0) is 11.3 Å². The number of nitro groups is 1. The first-order valence-corrected chi connectivity index (χ1v) is 7.43. The van der Waals surface area contributed by atoms with Crippen molar-refractivity contribution in [1.82, 2.24) is 10.2 Å². The zero-order chi connectivity index (χ0) is 15.7. The van der Waals surface area contributed by atoms with E-state index in [-0.39, 0.29) is 28.3 Å². The van der Waals surface area contributed by atoms with Crippen LogP contribution in [0.3, 0.4) is 0 Å². The Kier molecular flexibility index (Phi) is 3.73. The van der Waals surface area contributed by atoms with Crippen LogP contribution >= 0.6 is 23.6 Å². The van der Waals surface area contributed by atoms with Gasteiger partial charge in [-0.2, -0.15) is 0 Å². The molecule has 0 aromatic carbocycles. The highest BCUT2D eigenvalue weighted by atomic mass is 32.1. The fourth-order valence-electron chi connectivity index (χ4n) is 1.95. The molecule has 112 valence electrons. The predicted molar refractivity (Wildman–Crippen MR) is 83.9 cm³/mol. The Morgan fingerprint density at radius 3 is 3.00 bits per heavy atom. The van der Waals surface area contributed by atoms with Gasteiger partial charge in [0.2, 0.25) is 0 Å². The lowest BCUT2D eigenvalue weighted by molar-refractivity contribution is -0.380. The average molecular weight is 335 g/mol. The van der Waals surface area contributed by atoms with Crippen LogP contribution in [0.4, 0.5) is 5.00 Å². The molecule has 1 fully saturated rings. The predicted octanol–water partition coefficient (Wildman–Crippen LogP) is 2.51. The third-order valence-corrected chi connectivity index (χ3v) is 4.17. The summed E-state index contributed by atoms with van der Waals surface area (Å²) < 4.78 is 5.20. The molecule has 0 bridgehead atoms. The van der Waals surface area contributed by atoms with Crippen molar-refractivity contribution < 1.29 is 14.1 Å². The number of furan rings is 1. The molecule has 7 nitrogen and oxygen atoms in total. The van der Waals surface area contributed by atoms with Crippen molar-refractivity contribution in [3.05, 3.63) is 57.0 Å². The van der Waals surface area contributed by atoms with Crippen molar-refractivity contribution in [3.63, 3.8) is 0 Å². The molecular formula is C13H9N3O4S2. The summed E-state index contributed by atoms with van der Waals surface area (Å²) in [5, 5.41) is 15.4. The van der Waals surface area contributed by atoms with E-state index in [0.29, 0.717) is 11.3 Å². The van der Waals surface area contributed by atoms with Crippen LogP contribution in [0.2, 0.25) is 0 Å². The first-order valence-electron chi connectivity index (χ1n) is 6.14. The lowest BCUT2D eigenvalue weighted by Crippen LogP contribution is -2.29. The smallest absolute Gasteiger partial charge is 0.324 e. The third-order valence-electron chi connectivity index (χ3n) is 2.95. The number of thiocarbonyl (C=S) groups is 1. The highest BCUT2D eigenvalue weighted by molar-refractivity contribution is 7.80. The number of nitrogens with one attached hydrogen (secondary N) is 1. The first kappa shape index (κ1) is 14.4. The Bertz CT molecular complexity index is 779. The van der Waals surface area contributed by atoms with Crippen LogP contribution < -0.4 is 5.32 Å². The molecule has 0 atom stereocenters. The fourth-order valence-corrected chi connectivity index (χ4v) is 2.89. The zero-order valence-corrected chi connectivity index (χ0v) is 12.6. The van der Waals surface area contributed by atoms with E-state index in [0.717, 1.165) is 11.3 Å². The normalized spacial score (nSPS) is 16.4. The summed E-state index contributed by atoms with van der Waals surface area (Å²) in [5.74, 6) is 0.320. The highest BCUT2D eigenvalue weighted by Gasteiger charge is 2.31. The average Bonchev–Trinajstić information content (AvgIpc) is 3.18. The van der Waals surface area contributed by atoms with E-state index in [2.05, 4.69) is 5.32 Å². The minimum atomic E-state index is -0.468. The van der Waals surface area contributed by atoms with E-state index in [4.69, 9.17) is 16.6 Å². The van der Waals surface area contributed by atoms with Crippen LogP contribution in [0, 0.1) is 10.1 Å². The molecule has 0 aliphatic carbocycles. The standard InChI is InChI=1S/C13H9N3O4S2/c17-12-10(4-8-5-11(16(18)19)22-7-8)14-13(21)15(12)6-9-2-1-3-20-9/h1-5,7H,6H2,(H,14,21). The van der Waals surface area contributed by atoms with Crippen molar-refractivity contribution in [1.29, 1.82) is 0 Å². The lowest BCUT2D eigenvalue weighted by atomic mass is 10.2. The molecule has 0 saturated carbocycles. The maximum Gasteiger partial charge on any atom is 0.324 e. The van der Waals surface area contributed by atoms with Crippen LogP contribution in [0.1, 0.15) is 11.3 Å². The minimum Gasteiger partial charge on any atom is -0.467 e. The second-order valence-corrected chi connectivity index (χ2v) is 5.71. The number of nitrogens with zero attached hydrogens (tertiary/aromatic N) is 2. The molecule has 1 aliphatic rings. The van der Waals surface area contributed by atoms with Gasteiger partial charge in [-0.1, -0.05) is 11.3 Å². The van der Waals surface area contributed by atoms with Gasteiger partial charge < -0.3 is 9.73 Å². The van der Waals surface area contributed by atoms with Crippen molar-refractivity contribution in [3.8, 4) is 0 Å². The molecule has 3 heterocycles. The number of carbonyl (C=O) groups excluding carboxylic acids is 1. The first-order chi connectivity index (χ1) is 10.5. The molecule has 1 N–H and O–H groups in total. The van der Waals surface area contributed by atoms with Gasteiger partial charge in [-0.3, -0.25) is 19.8 Å². The van der Waals surface area contributed by atoms with Gasteiger partial charge in [0, 0.05) is 11.4 Å². The van der Waals surface area contributed by atoms with E-state index in [1.165, 1.54) is 17.2 Å². The lowest BCUT2D eigenvalue weighted by Gasteiger charge is -2.11. The quantitative estimate of drug-likeness (QED) is 0.400. The number of carbonyl (C=O) groups is 1. The molecule has 0 radical (unpaired) electrons. The molecule has 9 heteroatoms. The van der Waals surface area contributed by atoms with Crippen molar-refractivity contribution in [2.45, 2.75) is 6.54 Å². The molecule has 0 spiro atoms. The van der Waals surface area contributed by atoms with Gasteiger partial charge in [-0.15, -0.1) is 0 Å². The Labute approximate surface area is 134 Å². The fraction of sp³-hybridized carbons (Fsp3) is 0.0769. The molecule has 1 amide bonds. The summed E-state index contributed by atoms with van der Waals surface area (Å²) >= 11 is 6.14. The van der Waals surface area contributed by atoms with Gasteiger partial charge >= 0.3 is 5.00 Å². The maximum atomic E-state index is 12.3. The third kappa shape index (κ3) is 2.76. The Morgan fingerprint density at radius 2 is 2.36 bits per heavy atom. The van der Waals surface area contributed by atoms with Gasteiger partial charge in [0.25, 0.3) is 5.91 Å². The van der Waals surface area contributed by atoms with E-state index in [1.54, 1.807) is 23.6 Å². The molecule has 1 aliphatic heterocycles. The van der Waals surface area contributed by atoms with Crippen molar-refractivity contribution >= 4 is 45.7 Å². The highest BCUT2D eigenvalue weighted by Crippen LogP contribution is 2.25. The summed E-state index contributed by atoms with van der Waals surface area (Å²) in [5.41, 5.74) is 0.861. The summed E-state index contributed by atoms with van der Waals surface area (Å²) in [6, 6.07) is 4.89. The van der Waals surface area contributed by atoms with Gasteiger partial charge in [0.15, 0.2) is 5.11 Å². The van der Waals surface area contributed by atoms with Gasteiger partial charge in [0.05, 0.1) is 17.7 Å². The second kappa shape index (κ2) is 5.70. The molecule has 3 rings (SSSR count). The zero-order valence-electron chi connectivity index (χ0n) is 11.0. The van der Waals surface area contributed by atoms with Crippen LogP contribution in [0.15, 0.2) is 40.0 Å². The Morgan fingerprint density at radius 1 is 1.55 bits per heavy atom. The Balaban J connectivity index is 1.80. The van der Waals surface area contributed by atoms with Crippen LogP contribution in [0.5, 0.6) is 0 Å². The van der Waals surface area contributed by atoms with Gasteiger partial charge in [0.1, 0.15) is 11.5 Å². The molecular weight excluding hydrogens is 326 g/mol. The topological polar surface area (TPSA) is 88.6 Å². The molecule has 22 heavy (non-hydrogen) atoms. The van der Waals surface area contributed by atoms with Crippen molar-refractivity contribution in [2.24, 2.45) is 0 Å². The SMILES string of the molecule is O=C1C(=Cc2csc([N+](=O)[O-])c2)NC(=S)N1Cc1ccco1. The number of rotatable bonds is 4. The van der Waals surface area contributed by atoms with E-state index in [1.807, 2.05) is 0 Å². The maximum absolute atomic E-state index is 12.3. The molecule has 1 saturated heterocycles. The van der Waals surface area contributed by atoms with E-state index >= 15 is 0 Å². The monoisotopic (exact) mass is 335 g/mol. The number of thiophene rings is 1. The van der Waals surface area contributed by atoms with E-state index < -0.39 is 4.92 Å². The summed E-state index contributed by atoms with van der Waals surface area (Å²) in [4.78, 5) is 23.9. The molecule has 2 aromatic heterocycles. The second-order valence-electron chi connectivity index (χ2n) is 4.43. The largest absolute Gasteiger partial charge is 0.467 e. The summed E-state index contributed by atoms with van der Waals surface area (Å²) in [6.07, 6.45) is 3.06. The number of amides is 1. The Hall–Kier alpha value is -2.52. The number of hydrogen-bond donors (Lipinski definition) is 1. The van der Waals surface area contributed by atoms with Crippen LogP contribution in [-0.4, -0.2) is 20.8 Å². The summed E-state index contributed by atoms with van der Waals surface area (Å²) in [7, 11) is 0. The molecule has 2 aromatic rings. The van der Waals surface area contributed by atoms with Crippen molar-refractivity contribution in [2.75, 3.05) is 0 Å².